The van der Waals surface area contributed by atoms with Crippen LogP contribution in [0.4, 0.5) is 0 Å². The molecule has 8 heteroatoms. The number of amides is 1. The molecule has 0 unspecified atom stereocenters. The third-order valence-corrected chi connectivity index (χ3v) is 6.58. The molecule has 33 heavy (non-hydrogen) atoms. The Kier molecular flexibility index (Phi) is 7.44. The third-order valence-electron chi connectivity index (χ3n) is 5.66. The maximum atomic E-state index is 13.1. The number of aromatic nitrogens is 3. The van der Waals surface area contributed by atoms with Gasteiger partial charge < -0.3 is 9.64 Å². The molecule has 7 nitrogen and oxygen atoms in total. The van der Waals surface area contributed by atoms with Crippen LogP contribution in [0.25, 0.3) is 17.1 Å². The lowest BCUT2D eigenvalue weighted by Gasteiger charge is -2.33. The van der Waals surface area contributed by atoms with E-state index in [-0.39, 0.29) is 17.6 Å². The first-order valence-electron chi connectivity index (χ1n) is 11.2. The highest BCUT2D eigenvalue weighted by atomic mass is 32.2. The zero-order valence-corrected chi connectivity index (χ0v) is 19.8. The highest BCUT2D eigenvalue weighted by Gasteiger charge is 2.33. The van der Waals surface area contributed by atoms with Gasteiger partial charge in [0.2, 0.25) is 5.91 Å². The molecular weight excluding hydrogens is 436 g/mol. The van der Waals surface area contributed by atoms with Crippen LogP contribution in [-0.2, 0) is 14.3 Å². The van der Waals surface area contributed by atoms with Crippen LogP contribution >= 0.6 is 11.8 Å². The fourth-order valence-electron chi connectivity index (χ4n) is 3.99. The number of piperidine rings is 1. The minimum absolute atomic E-state index is 0.0857. The number of esters is 1. The van der Waals surface area contributed by atoms with Gasteiger partial charge in [-0.25, -0.2) is 4.79 Å². The monoisotopic (exact) mass is 464 g/mol. The Morgan fingerprint density at radius 3 is 2.55 bits per heavy atom. The molecule has 1 atom stereocenters. The number of benzene rings is 2. The number of carbonyl (C=O) groups is 2. The topological polar surface area (TPSA) is 77.3 Å². The Balaban J connectivity index is 1.58. The number of hydrogen-bond acceptors (Lipinski definition) is 6. The molecule has 0 bridgehead atoms. The molecule has 0 spiro atoms. The molecule has 1 aliphatic heterocycles. The van der Waals surface area contributed by atoms with E-state index in [1.807, 2.05) is 66.1 Å². The van der Waals surface area contributed by atoms with Crippen LogP contribution in [-0.4, -0.2) is 56.5 Å². The largest absolute Gasteiger partial charge is 0.464 e. The number of carbonyl (C=O) groups excluding carboxylic acids is 2. The molecule has 3 aromatic rings. The maximum Gasteiger partial charge on any atom is 0.328 e. The number of likely N-dealkylation sites (tertiary alicyclic amines) is 1. The van der Waals surface area contributed by atoms with Crippen molar-refractivity contribution in [2.24, 2.45) is 0 Å². The molecule has 2 heterocycles. The van der Waals surface area contributed by atoms with Crippen molar-refractivity contribution in [3.63, 3.8) is 0 Å². The van der Waals surface area contributed by atoms with Crippen LogP contribution < -0.4 is 0 Å². The second-order valence-electron chi connectivity index (χ2n) is 7.98. The summed E-state index contributed by atoms with van der Waals surface area (Å²) in [5.74, 6) is 0.494. The molecule has 0 radical (unpaired) electrons. The zero-order valence-electron chi connectivity index (χ0n) is 18.9. The summed E-state index contributed by atoms with van der Waals surface area (Å²) in [5.41, 5.74) is 3.04. The lowest BCUT2D eigenvalue weighted by atomic mass is 10.0. The standard InChI is InChI=1S/C25H28N4O3S/c1-3-32-24(31)21-11-7-8-16-28(21)22(30)17-33-25-27-26-23(19-9-5-4-6-10-19)29(25)20-14-12-18(2)13-15-20/h4-6,9-10,12-15,21H,3,7-8,11,16-17H2,1-2H3/t21-/m1/s1. The van der Waals surface area contributed by atoms with Crippen molar-refractivity contribution in [3.05, 3.63) is 60.2 Å². The van der Waals surface area contributed by atoms with Gasteiger partial charge in [0.1, 0.15) is 6.04 Å². The molecule has 2 aromatic carbocycles. The molecule has 4 rings (SSSR count). The van der Waals surface area contributed by atoms with Crippen molar-refractivity contribution in [1.29, 1.82) is 0 Å². The van der Waals surface area contributed by atoms with Crippen molar-refractivity contribution in [2.75, 3.05) is 18.9 Å². The minimum Gasteiger partial charge on any atom is -0.464 e. The molecule has 0 saturated carbocycles. The van der Waals surface area contributed by atoms with E-state index < -0.39 is 6.04 Å². The molecular formula is C25H28N4O3S. The molecule has 0 N–H and O–H groups in total. The first-order chi connectivity index (χ1) is 16.1. The van der Waals surface area contributed by atoms with Gasteiger partial charge in [0.05, 0.1) is 12.4 Å². The molecule has 1 fully saturated rings. The van der Waals surface area contributed by atoms with Crippen molar-refractivity contribution >= 4 is 23.6 Å². The zero-order chi connectivity index (χ0) is 23.2. The Bertz CT molecular complexity index is 1100. The van der Waals surface area contributed by atoms with Crippen molar-refractivity contribution in [2.45, 2.75) is 44.3 Å². The Morgan fingerprint density at radius 2 is 1.82 bits per heavy atom. The van der Waals surface area contributed by atoms with E-state index >= 15 is 0 Å². The fourth-order valence-corrected chi connectivity index (χ4v) is 4.82. The van der Waals surface area contributed by atoms with E-state index in [0.29, 0.717) is 24.7 Å². The summed E-state index contributed by atoms with van der Waals surface area (Å²) < 4.78 is 7.18. The molecule has 172 valence electrons. The first kappa shape index (κ1) is 23.0. The number of ether oxygens (including phenoxy) is 1. The molecule has 1 saturated heterocycles. The average Bonchev–Trinajstić information content (AvgIpc) is 3.27. The molecule has 0 aliphatic carbocycles. The van der Waals surface area contributed by atoms with Crippen molar-refractivity contribution in [1.82, 2.24) is 19.7 Å². The van der Waals surface area contributed by atoms with Crippen LogP contribution in [0.2, 0.25) is 0 Å². The SMILES string of the molecule is CCOC(=O)[C@H]1CCCCN1C(=O)CSc1nnc(-c2ccccc2)n1-c1ccc(C)cc1. The summed E-state index contributed by atoms with van der Waals surface area (Å²) in [4.78, 5) is 27.1. The van der Waals surface area contributed by atoms with E-state index in [1.54, 1.807) is 11.8 Å². The van der Waals surface area contributed by atoms with Gasteiger partial charge in [-0.2, -0.15) is 0 Å². The summed E-state index contributed by atoms with van der Waals surface area (Å²) in [6, 6.07) is 17.5. The van der Waals surface area contributed by atoms with E-state index in [2.05, 4.69) is 10.2 Å². The van der Waals surface area contributed by atoms with Gasteiger partial charge in [-0.15, -0.1) is 10.2 Å². The highest BCUT2D eigenvalue weighted by Crippen LogP contribution is 2.29. The van der Waals surface area contributed by atoms with Gasteiger partial charge in [-0.05, 0) is 45.2 Å². The summed E-state index contributed by atoms with van der Waals surface area (Å²) in [7, 11) is 0. The van der Waals surface area contributed by atoms with Gasteiger partial charge in [-0.1, -0.05) is 59.8 Å². The minimum atomic E-state index is -0.498. The first-order valence-corrected chi connectivity index (χ1v) is 12.2. The summed E-state index contributed by atoms with van der Waals surface area (Å²) in [5, 5.41) is 9.48. The van der Waals surface area contributed by atoms with Gasteiger partial charge in [-0.3, -0.25) is 9.36 Å². The highest BCUT2D eigenvalue weighted by molar-refractivity contribution is 7.99. The van der Waals surface area contributed by atoms with Gasteiger partial charge in [0, 0.05) is 17.8 Å². The Hall–Kier alpha value is -3.13. The number of hydrogen-bond donors (Lipinski definition) is 0. The lowest BCUT2D eigenvalue weighted by molar-refractivity contribution is -0.155. The number of nitrogens with zero attached hydrogens (tertiary/aromatic N) is 4. The Morgan fingerprint density at radius 1 is 1.06 bits per heavy atom. The summed E-state index contributed by atoms with van der Waals surface area (Å²) in [6.45, 7) is 4.71. The maximum absolute atomic E-state index is 13.1. The van der Waals surface area contributed by atoms with E-state index in [1.165, 1.54) is 11.8 Å². The van der Waals surface area contributed by atoms with Crippen LogP contribution in [0.5, 0.6) is 0 Å². The van der Waals surface area contributed by atoms with E-state index in [0.717, 1.165) is 35.5 Å². The third kappa shape index (κ3) is 5.27. The lowest BCUT2D eigenvalue weighted by Crippen LogP contribution is -2.49. The number of aryl methyl sites for hydroxylation is 1. The van der Waals surface area contributed by atoms with E-state index in [9.17, 15) is 9.59 Å². The predicted molar refractivity (Wildman–Crippen MR) is 128 cm³/mol. The average molecular weight is 465 g/mol. The van der Waals surface area contributed by atoms with Gasteiger partial charge in [0.25, 0.3) is 0 Å². The van der Waals surface area contributed by atoms with Crippen LogP contribution in [0.1, 0.15) is 31.7 Å². The van der Waals surface area contributed by atoms with Crippen molar-refractivity contribution in [3.8, 4) is 17.1 Å². The summed E-state index contributed by atoms with van der Waals surface area (Å²) in [6.07, 6.45) is 2.46. The number of rotatable bonds is 7. The van der Waals surface area contributed by atoms with Gasteiger partial charge >= 0.3 is 5.97 Å². The smallest absolute Gasteiger partial charge is 0.328 e. The van der Waals surface area contributed by atoms with Crippen LogP contribution in [0, 0.1) is 6.92 Å². The van der Waals surface area contributed by atoms with E-state index in [4.69, 9.17) is 4.74 Å². The number of thioether (sulfide) groups is 1. The van der Waals surface area contributed by atoms with Crippen LogP contribution in [0.3, 0.4) is 0 Å². The molecule has 1 amide bonds. The van der Waals surface area contributed by atoms with Crippen LogP contribution in [0.15, 0.2) is 59.8 Å². The van der Waals surface area contributed by atoms with Gasteiger partial charge in [0.15, 0.2) is 11.0 Å². The summed E-state index contributed by atoms with van der Waals surface area (Å²) >= 11 is 1.34. The second-order valence-corrected chi connectivity index (χ2v) is 8.93. The predicted octanol–water partition coefficient (Wildman–Crippen LogP) is 4.28. The molecule has 1 aromatic heterocycles. The normalized spacial score (nSPS) is 15.9. The molecule has 1 aliphatic rings. The second kappa shape index (κ2) is 10.7. The quantitative estimate of drug-likeness (QED) is 0.384. The fraction of sp³-hybridized carbons (Fsp3) is 0.360. The van der Waals surface area contributed by atoms with Crippen molar-refractivity contribution < 1.29 is 14.3 Å². The Labute approximate surface area is 198 Å².